The zero-order chi connectivity index (χ0) is 13.1. The molecule has 0 amide bonds. The van der Waals surface area contributed by atoms with Crippen molar-refractivity contribution in [1.29, 1.82) is 0 Å². The topological polar surface area (TPSA) is 54.5 Å². The molecular weight excluding hydrogens is 248 g/mol. The van der Waals surface area contributed by atoms with Crippen LogP contribution in [-0.4, -0.2) is 20.6 Å². The molecule has 1 heterocycles. The van der Waals surface area contributed by atoms with E-state index in [4.69, 9.17) is 0 Å². The number of nitrogens with zero attached hydrogens (tertiary/aromatic N) is 3. The van der Waals surface area contributed by atoms with E-state index in [1.165, 1.54) is 5.56 Å². The van der Waals surface area contributed by atoms with E-state index in [2.05, 4.69) is 57.9 Å². The average Bonchev–Trinajstić information content (AvgIpc) is 3.01. The van der Waals surface area contributed by atoms with Crippen LogP contribution >= 0.6 is 0 Å². The summed E-state index contributed by atoms with van der Waals surface area (Å²) >= 11 is 0. The molecule has 20 heavy (non-hydrogen) atoms. The van der Waals surface area contributed by atoms with E-state index < -0.39 is 0 Å². The number of aromatic amines is 1. The Bertz CT molecular complexity index is 657. The lowest BCUT2D eigenvalue weighted by atomic mass is 9.98. The van der Waals surface area contributed by atoms with Crippen LogP contribution in [0.4, 0.5) is 0 Å². The summed E-state index contributed by atoms with van der Waals surface area (Å²) in [7, 11) is 0. The smallest absolute Gasteiger partial charge is 0.177 e. The van der Waals surface area contributed by atoms with Crippen LogP contribution in [0.3, 0.4) is 0 Å². The molecule has 3 aromatic rings. The van der Waals surface area contributed by atoms with Crippen LogP contribution in [-0.2, 0) is 6.42 Å². The van der Waals surface area contributed by atoms with Gasteiger partial charge in [0.2, 0.25) is 5.82 Å². The van der Waals surface area contributed by atoms with E-state index in [0.717, 1.165) is 23.1 Å². The van der Waals surface area contributed by atoms with Crippen molar-refractivity contribution in [3.05, 3.63) is 54.1 Å². The minimum atomic E-state index is 0. The van der Waals surface area contributed by atoms with Gasteiger partial charge in [-0.2, -0.15) is 5.21 Å². The summed E-state index contributed by atoms with van der Waals surface area (Å²) in [6.45, 7) is 2.16. The number of benzene rings is 2. The first kappa shape index (κ1) is 13.9. The number of hydrogen-bond donors (Lipinski definition) is 1. The van der Waals surface area contributed by atoms with Gasteiger partial charge in [0.1, 0.15) is 0 Å². The Kier molecular flexibility index (Phi) is 4.25. The highest BCUT2D eigenvalue weighted by atomic mass is 15.5. The Hall–Kier alpha value is -2.49. The summed E-state index contributed by atoms with van der Waals surface area (Å²) in [6.07, 6.45) is 1.05. The van der Waals surface area contributed by atoms with E-state index in [1.807, 2.05) is 18.2 Å². The molecule has 0 aliphatic carbocycles. The predicted octanol–water partition coefficient (Wildman–Crippen LogP) is 3.73. The Morgan fingerprint density at radius 1 is 0.950 bits per heavy atom. The number of aryl methyl sites for hydroxylation is 1. The average molecular weight is 266 g/mol. The van der Waals surface area contributed by atoms with E-state index in [1.54, 1.807) is 0 Å². The van der Waals surface area contributed by atoms with Gasteiger partial charge in [-0.25, -0.2) is 0 Å². The molecule has 102 valence electrons. The highest BCUT2D eigenvalue weighted by Gasteiger charge is 2.09. The van der Waals surface area contributed by atoms with Gasteiger partial charge in [0.15, 0.2) is 0 Å². The first-order valence-electron chi connectivity index (χ1n) is 6.30. The molecule has 4 nitrogen and oxygen atoms in total. The highest BCUT2D eigenvalue weighted by molar-refractivity contribution is 5.80. The van der Waals surface area contributed by atoms with E-state index in [9.17, 15) is 0 Å². The molecule has 0 unspecified atom stereocenters. The molecule has 0 aliphatic rings. The summed E-state index contributed by atoms with van der Waals surface area (Å²) in [6, 6.07) is 16.7. The van der Waals surface area contributed by atoms with Gasteiger partial charge >= 0.3 is 0 Å². The predicted molar refractivity (Wildman–Crippen MR) is 81.2 cm³/mol. The minimum absolute atomic E-state index is 0. The fourth-order valence-electron chi connectivity index (χ4n) is 2.13. The molecule has 4 heteroatoms. The van der Waals surface area contributed by atoms with Crippen LogP contribution in [0.5, 0.6) is 0 Å². The van der Waals surface area contributed by atoms with E-state index >= 15 is 0 Å². The standard InChI is InChI=1S/C15H14N4.CH4/c1-2-11-7-9-12(10-8-11)13-5-3-4-6-14(13)15-16-18-19-17-15;/h3-10H,2H2,1H3,(H,16,17,18,19);1H4. The van der Waals surface area contributed by atoms with Gasteiger partial charge in [0.25, 0.3) is 0 Å². The molecular formula is C16H18N4. The molecule has 1 aromatic heterocycles. The van der Waals surface area contributed by atoms with Gasteiger partial charge in [0, 0.05) is 5.56 Å². The quantitative estimate of drug-likeness (QED) is 0.785. The zero-order valence-electron chi connectivity index (χ0n) is 10.7. The number of rotatable bonds is 3. The fraction of sp³-hybridized carbons (Fsp3) is 0.188. The van der Waals surface area contributed by atoms with Crippen molar-refractivity contribution in [2.24, 2.45) is 0 Å². The lowest BCUT2D eigenvalue weighted by Gasteiger charge is -2.07. The van der Waals surface area contributed by atoms with Crippen molar-refractivity contribution in [3.8, 4) is 22.5 Å². The maximum atomic E-state index is 4.06. The third kappa shape index (κ3) is 2.59. The Balaban J connectivity index is 0.00000147. The number of hydrogen-bond acceptors (Lipinski definition) is 3. The molecule has 0 saturated heterocycles. The third-order valence-corrected chi connectivity index (χ3v) is 3.19. The Morgan fingerprint density at radius 2 is 1.65 bits per heavy atom. The monoisotopic (exact) mass is 266 g/mol. The summed E-state index contributed by atoms with van der Waals surface area (Å²) in [5.74, 6) is 0.621. The van der Waals surface area contributed by atoms with Crippen molar-refractivity contribution in [3.63, 3.8) is 0 Å². The number of tetrazole rings is 1. The Labute approximate surface area is 118 Å². The maximum absolute atomic E-state index is 4.06. The number of aromatic nitrogens is 4. The zero-order valence-corrected chi connectivity index (χ0v) is 10.7. The SMILES string of the molecule is C.CCc1ccc(-c2ccccc2-c2nn[nH]n2)cc1. The molecule has 1 N–H and O–H groups in total. The van der Waals surface area contributed by atoms with Crippen LogP contribution in [0.15, 0.2) is 48.5 Å². The number of H-pyrrole nitrogens is 1. The lowest BCUT2D eigenvalue weighted by molar-refractivity contribution is 0.881. The lowest BCUT2D eigenvalue weighted by Crippen LogP contribution is -1.88. The summed E-state index contributed by atoms with van der Waals surface area (Å²) in [4.78, 5) is 0. The van der Waals surface area contributed by atoms with Gasteiger partial charge in [-0.3, -0.25) is 0 Å². The van der Waals surface area contributed by atoms with E-state index in [0.29, 0.717) is 5.82 Å². The van der Waals surface area contributed by atoms with Crippen molar-refractivity contribution in [2.75, 3.05) is 0 Å². The first-order valence-corrected chi connectivity index (χ1v) is 6.30. The van der Waals surface area contributed by atoms with Gasteiger partial charge in [-0.1, -0.05) is 62.9 Å². The Morgan fingerprint density at radius 3 is 2.25 bits per heavy atom. The summed E-state index contributed by atoms with van der Waals surface area (Å²) in [5.41, 5.74) is 4.60. The van der Waals surface area contributed by atoms with Gasteiger partial charge in [-0.05, 0) is 28.3 Å². The third-order valence-electron chi connectivity index (χ3n) is 3.19. The minimum Gasteiger partial charge on any atom is -0.177 e. The van der Waals surface area contributed by atoms with E-state index in [-0.39, 0.29) is 7.43 Å². The second-order valence-corrected chi connectivity index (χ2v) is 4.33. The molecule has 0 saturated carbocycles. The largest absolute Gasteiger partial charge is 0.205 e. The van der Waals surface area contributed by atoms with Crippen molar-refractivity contribution in [2.45, 2.75) is 20.8 Å². The summed E-state index contributed by atoms with van der Waals surface area (Å²) in [5, 5.41) is 14.2. The van der Waals surface area contributed by atoms with Gasteiger partial charge < -0.3 is 0 Å². The second-order valence-electron chi connectivity index (χ2n) is 4.33. The van der Waals surface area contributed by atoms with Crippen LogP contribution < -0.4 is 0 Å². The van der Waals surface area contributed by atoms with Crippen LogP contribution in [0.1, 0.15) is 19.9 Å². The van der Waals surface area contributed by atoms with Gasteiger partial charge in [0.05, 0.1) is 0 Å². The normalized spacial score (nSPS) is 10.1. The van der Waals surface area contributed by atoms with Crippen molar-refractivity contribution < 1.29 is 0 Å². The molecule has 0 atom stereocenters. The maximum Gasteiger partial charge on any atom is 0.205 e. The molecule has 0 aliphatic heterocycles. The molecule has 0 spiro atoms. The molecule has 2 aromatic carbocycles. The van der Waals surface area contributed by atoms with Gasteiger partial charge in [-0.15, -0.1) is 10.2 Å². The van der Waals surface area contributed by atoms with Crippen LogP contribution in [0, 0.1) is 0 Å². The molecule has 0 fully saturated rings. The molecule has 0 bridgehead atoms. The van der Waals surface area contributed by atoms with Crippen LogP contribution in [0.25, 0.3) is 22.5 Å². The highest BCUT2D eigenvalue weighted by Crippen LogP contribution is 2.29. The number of nitrogens with one attached hydrogen (secondary N) is 1. The molecule has 3 rings (SSSR count). The van der Waals surface area contributed by atoms with Crippen molar-refractivity contribution in [1.82, 2.24) is 20.6 Å². The fourth-order valence-corrected chi connectivity index (χ4v) is 2.13. The second kappa shape index (κ2) is 6.10. The van der Waals surface area contributed by atoms with Crippen LogP contribution in [0.2, 0.25) is 0 Å². The first-order chi connectivity index (χ1) is 9.38. The molecule has 0 radical (unpaired) electrons. The van der Waals surface area contributed by atoms with Crippen molar-refractivity contribution >= 4 is 0 Å². The summed E-state index contributed by atoms with van der Waals surface area (Å²) < 4.78 is 0.